The maximum Gasteiger partial charge on any atom is 0.401 e. The van der Waals surface area contributed by atoms with Crippen LogP contribution in [0.5, 0.6) is 0 Å². The smallest absolute Gasteiger partial charge is 0.326 e. The first-order valence-corrected chi connectivity index (χ1v) is 6.49. The SMILES string of the molecule is CCCN(CC(N)Cc1ccccc1)CC(F)(F)F. The number of nitrogens with zero attached hydrogens (tertiary/aromatic N) is 1. The average Bonchev–Trinajstić information content (AvgIpc) is 2.28. The predicted molar refractivity (Wildman–Crippen MR) is 70.9 cm³/mol. The van der Waals surface area contributed by atoms with Crippen LogP contribution in [-0.2, 0) is 6.42 Å². The van der Waals surface area contributed by atoms with E-state index in [0.29, 0.717) is 19.4 Å². The van der Waals surface area contributed by atoms with Crippen LogP contribution in [0.2, 0.25) is 0 Å². The lowest BCUT2D eigenvalue weighted by molar-refractivity contribution is -0.146. The van der Waals surface area contributed by atoms with Gasteiger partial charge >= 0.3 is 6.18 Å². The third-order valence-electron chi connectivity index (χ3n) is 2.78. The molecule has 2 nitrogen and oxygen atoms in total. The Hall–Kier alpha value is -1.07. The summed E-state index contributed by atoms with van der Waals surface area (Å²) >= 11 is 0. The van der Waals surface area contributed by atoms with Crippen molar-refractivity contribution in [3.63, 3.8) is 0 Å². The summed E-state index contributed by atoms with van der Waals surface area (Å²) in [6, 6.07) is 9.31. The van der Waals surface area contributed by atoms with Crippen LogP contribution >= 0.6 is 0 Å². The van der Waals surface area contributed by atoms with Crippen LogP contribution in [0.15, 0.2) is 30.3 Å². The molecule has 0 aliphatic heterocycles. The van der Waals surface area contributed by atoms with Crippen LogP contribution in [0, 0.1) is 0 Å². The van der Waals surface area contributed by atoms with Crippen molar-refractivity contribution in [3.05, 3.63) is 35.9 Å². The van der Waals surface area contributed by atoms with Gasteiger partial charge in [0.05, 0.1) is 6.54 Å². The lowest BCUT2D eigenvalue weighted by atomic mass is 10.1. The van der Waals surface area contributed by atoms with E-state index >= 15 is 0 Å². The summed E-state index contributed by atoms with van der Waals surface area (Å²) in [7, 11) is 0. The Labute approximate surface area is 112 Å². The fourth-order valence-electron chi connectivity index (χ4n) is 2.12. The number of hydrogen-bond acceptors (Lipinski definition) is 2. The molecule has 0 heterocycles. The Bertz CT molecular complexity index is 351. The molecule has 1 atom stereocenters. The Morgan fingerprint density at radius 2 is 1.84 bits per heavy atom. The molecule has 0 radical (unpaired) electrons. The summed E-state index contributed by atoms with van der Waals surface area (Å²) in [5.41, 5.74) is 7.00. The monoisotopic (exact) mass is 274 g/mol. The molecule has 0 fully saturated rings. The molecule has 1 rings (SSSR count). The van der Waals surface area contributed by atoms with Crippen LogP contribution in [0.1, 0.15) is 18.9 Å². The van der Waals surface area contributed by atoms with E-state index < -0.39 is 12.7 Å². The van der Waals surface area contributed by atoms with Gasteiger partial charge in [0.25, 0.3) is 0 Å². The maximum absolute atomic E-state index is 12.4. The summed E-state index contributed by atoms with van der Waals surface area (Å²) in [5.74, 6) is 0. The van der Waals surface area contributed by atoms with Crippen molar-refractivity contribution < 1.29 is 13.2 Å². The average molecular weight is 274 g/mol. The number of benzene rings is 1. The molecule has 0 saturated heterocycles. The summed E-state index contributed by atoms with van der Waals surface area (Å²) < 4.78 is 37.3. The highest BCUT2D eigenvalue weighted by Crippen LogP contribution is 2.17. The Morgan fingerprint density at radius 1 is 1.21 bits per heavy atom. The molecule has 2 N–H and O–H groups in total. The minimum Gasteiger partial charge on any atom is -0.326 e. The fraction of sp³-hybridized carbons (Fsp3) is 0.571. The minimum absolute atomic E-state index is 0.266. The fourth-order valence-corrected chi connectivity index (χ4v) is 2.12. The number of nitrogens with two attached hydrogens (primary N) is 1. The van der Waals surface area contributed by atoms with E-state index in [2.05, 4.69) is 0 Å². The topological polar surface area (TPSA) is 29.3 Å². The number of rotatable bonds is 7. The zero-order chi connectivity index (χ0) is 14.3. The molecule has 0 aliphatic rings. The standard InChI is InChI=1S/C14H21F3N2/c1-2-8-19(11-14(15,16)17)10-13(18)9-12-6-4-3-5-7-12/h3-7,13H,2,8-11,18H2,1H3. The number of halogens is 3. The third kappa shape index (κ3) is 7.18. The second-order valence-corrected chi connectivity index (χ2v) is 4.80. The molecule has 1 unspecified atom stereocenters. The van der Waals surface area contributed by atoms with Crippen molar-refractivity contribution in [1.82, 2.24) is 4.90 Å². The molecule has 1 aromatic carbocycles. The number of hydrogen-bond donors (Lipinski definition) is 1. The molecular weight excluding hydrogens is 253 g/mol. The molecule has 0 amide bonds. The Balaban J connectivity index is 2.49. The van der Waals surface area contributed by atoms with Gasteiger partial charge in [-0.3, -0.25) is 4.90 Å². The van der Waals surface area contributed by atoms with Gasteiger partial charge in [-0.25, -0.2) is 0 Å². The van der Waals surface area contributed by atoms with E-state index in [1.807, 2.05) is 37.3 Å². The lowest BCUT2D eigenvalue weighted by Gasteiger charge is -2.26. The molecular formula is C14H21F3N2. The van der Waals surface area contributed by atoms with Crippen LogP contribution < -0.4 is 5.73 Å². The zero-order valence-electron chi connectivity index (χ0n) is 11.2. The van der Waals surface area contributed by atoms with Gasteiger partial charge in [-0.05, 0) is 24.9 Å². The molecule has 5 heteroatoms. The summed E-state index contributed by atoms with van der Waals surface area (Å²) in [5, 5.41) is 0. The highest BCUT2D eigenvalue weighted by atomic mass is 19.4. The van der Waals surface area contributed by atoms with Crippen molar-refractivity contribution in [2.24, 2.45) is 5.73 Å². The highest BCUT2D eigenvalue weighted by Gasteiger charge is 2.30. The second-order valence-electron chi connectivity index (χ2n) is 4.80. The molecule has 1 aromatic rings. The molecule has 0 aliphatic carbocycles. The first-order chi connectivity index (χ1) is 8.90. The van der Waals surface area contributed by atoms with Gasteiger partial charge < -0.3 is 5.73 Å². The first kappa shape index (κ1) is 16.0. The third-order valence-corrected chi connectivity index (χ3v) is 2.78. The highest BCUT2D eigenvalue weighted by molar-refractivity contribution is 5.15. The Kier molecular flexibility index (Phi) is 6.31. The molecule has 19 heavy (non-hydrogen) atoms. The van der Waals surface area contributed by atoms with E-state index in [1.165, 1.54) is 4.90 Å². The second kappa shape index (κ2) is 7.50. The van der Waals surface area contributed by atoms with Gasteiger partial charge in [0.2, 0.25) is 0 Å². The lowest BCUT2D eigenvalue weighted by Crippen LogP contribution is -2.43. The van der Waals surface area contributed by atoms with Gasteiger partial charge in [0.1, 0.15) is 0 Å². The van der Waals surface area contributed by atoms with Crippen LogP contribution in [0.4, 0.5) is 13.2 Å². The van der Waals surface area contributed by atoms with Crippen LogP contribution in [0.3, 0.4) is 0 Å². The van der Waals surface area contributed by atoms with Crippen molar-refractivity contribution in [1.29, 1.82) is 0 Å². The van der Waals surface area contributed by atoms with Gasteiger partial charge in [0.15, 0.2) is 0 Å². The molecule has 108 valence electrons. The molecule has 0 spiro atoms. The van der Waals surface area contributed by atoms with Gasteiger partial charge in [-0.15, -0.1) is 0 Å². The van der Waals surface area contributed by atoms with E-state index in [9.17, 15) is 13.2 Å². The van der Waals surface area contributed by atoms with Crippen LogP contribution in [-0.4, -0.2) is 36.8 Å². The zero-order valence-corrected chi connectivity index (χ0v) is 11.2. The largest absolute Gasteiger partial charge is 0.401 e. The molecule has 0 aromatic heterocycles. The normalized spacial score (nSPS) is 13.8. The minimum atomic E-state index is -4.17. The van der Waals surface area contributed by atoms with Crippen molar-refractivity contribution >= 4 is 0 Å². The van der Waals surface area contributed by atoms with Crippen molar-refractivity contribution in [2.75, 3.05) is 19.6 Å². The van der Waals surface area contributed by atoms with Gasteiger partial charge in [0, 0.05) is 12.6 Å². The van der Waals surface area contributed by atoms with Crippen molar-refractivity contribution in [3.8, 4) is 0 Å². The van der Waals surface area contributed by atoms with Crippen LogP contribution in [0.25, 0.3) is 0 Å². The summed E-state index contributed by atoms with van der Waals surface area (Å²) in [6.07, 6.45) is -2.88. The molecule has 0 saturated carbocycles. The predicted octanol–water partition coefficient (Wildman–Crippen LogP) is 2.83. The van der Waals surface area contributed by atoms with E-state index in [0.717, 1.165) is 5.56 Å². The van der Waals surface area contributed by atoms with Gasteiger partial charge in [-0.1, -0.05) is 37.3 Å². The van der Waals surface area contributed by atoms with Gasteiger partial charge in [-0.2, -0.15) is 13.2 Å². The maximum atomic E-state index is 12.4. The summed E-state index contributed by atoms with van der Waals surface area (Å²) in [4.78, 5) is 1.38. The van der Waals surface area contributed by atoms with E-state index in [-0.39, 0.29) is 12.6 Å². The first-order valence-electron chi connectivity index (χ1n) is 6.49. The molecule has 0 bridgehead atoms. The Morgan fingerprint density at radius 3 is 2.37 bits per heavy atom. The summed E-state index contributed by atoms with van der Waals surface area (Å²) in [6.45, 7) is 1.67. The van der Waals surface area contributed by atoms with E-state index in [4.69, 9.17) is 5.73 Å². The van der Waals surface area contributed by atoms with E-state index in [1.54, 1.807) is 0 Å². The quantitative estimate of drug-likeness (QED) is 0.828. The number of alkyl halides is 3. The van der Waals surface area contributed by atoms with Crippen molar-refractivity contribution in [2.45, 2.75) is 32.0 Å².